The highest BCUT2D eigenvalue weighted by atomic mass is 16.5. The molecule has 1 fully saturated rings. The molecule has 1 saturated heterocycles. The maximum atomic E-state index is 13.0. The van der Waals surface area contributed by atoms with E-state index >= 15 is 0 Å². The Morgan fingerprint density at radius 1 is 1.32 bits per heavy atom. The summed E-state index contributed by atoms with van der Waals surface area (Å²) < 4.78 is 5.29. The first-order valence-electron chi connectivity index (χ1n) is 7.96. The Hall–Kier alpha value is -2.11. The molecule has 2 aromatic rings. The molecule has 0 unspecified atom stereocenters. The molecular weight excluding hydrogens is 280 g/mol. The van der Waals surface area contributed by atoms with Gasteiger partial charge in [0.2, 0.25) is 0 Å². The van der Waals surface area contributed by atoms with Crippen LogP contribution >= 0.6 is 0 Å². The van der Waals surface area contributed by atoms with E-state index in [-0.39, 0.29) is 11.9 Å². The quantitative estimate of drug-likeness (QED) is 0.924. The zero-order chi connectivity index (χ0) is 15.3. The molecule has 1 amide bonds. The fraction of sp³-hybridized carbons (Fsp3) is 0.562. The lowest BCUT2D eigenvalue weighted by atomic mass is 10.0. The summed E-state index contributed by atoms with van der Waals surface area (Å²) >= 11 is 0. The van der Waals surface area contributed by atoms with E-state index in [0.29, 0.717) is 5.69 Å². The van der Waals surface area contributed by atoms with Gasteiger partial charge in [-0.3, -0.25) is 9.89 Å². The molecule has 0 radical (unpaired) electrons. The first-order valence-corrected chi connectivity index (χ1v) is 7.96. The molecule has 6 heteroatoms. The van der Waals surface area contributed by atoms with Gasteiger partial charge in [0.15, 0.2) is 5.69 Å². The molecule has 1 aliphatic heterocycles. The van der Waals surface area contributed by atoms with Crippen molar-refractivity contribution in [3.8, 4) is 0 Å². The van der Waals surface area contributed by atoms with E-state index in [1.54, 1.807) is 0 Å². The zero-order valence-electron chi connectivity index (χ0n) is 13.0. The number of amides is 1. The van der Waals surface area contributed by atoms with Crippen molar-refractivity contribution in [3.63, 3.8) is 0 Å². The van der Waals surface area contributed by atoms with Crippen molar-refractivity contribution in [2.45, 2.75) is 52.0 Å². The van der Waals surface area contributed by atoms with Crippen LogP contribution in [-0.4, -0.2) is 32.7 Å². The Labute approximate surface area is 128 Å². The van der Waals surface area contributed by atoms with E-state index in [2.05, 4.69) is 15.4 Å². The van der Waals surface area contributed by atoms with Crippen LogP contribution in [0.1, 0.15) is 64.1 Å². The number of nitrogens with one attached hydrogen (secondary N) is 1. The summed E-state index contributed by atoms with van der Waals surface area (Å²) in [6.45, 7) is 4.64. The molecular formula is C16H20N4O2. The van der Waals surface area contributed by atoms with Crippen molar-refractivity contribution in [2.24, 2.45) is 0 Å². The van der Waals surface area contributed by atoms with Crippen LogP contribution in [0.25, 0.3) is 0 Å². The molecule has 0 spiro atoms. The number of fused-ring (bicyclic) bond motifs is 1. The fourth-order valence-electron chi connectivity index (χ4n) is 3.91. The summed E-state index contributed by atoms with van der Waals surface area (Å²) in [6.07, 6.45) is 5.03. The van der Waals surface area contributed by atoms with E-state index in [0.717, 1.165) is 66.9 Å². The largest absolute Gasteiger partial charge is 0.361 e. The van der Waals surface area contributed by atoms with E-state index in [1.807, 2.05) is 18.7 Å². The highest BCUT2D eigenvalue weighted by Gasteiger charge is 2.36. The number of H-pyrrole nitrogens is 1. The van der Waals surface area contributed by atoms with Crippen molar-refractivity contribution >= 4 is 5.91 Å². The van der Waals surface area contributed by atoms with Gasteiger partial charge in [-0.25, -0.2) is 0 Å². The van der Waals surface area contributed by atoms with Crippen molar-refractivity contribution in [2.75, 3.05) is 6.54 Å². The van der Waals surface area contributed by atoms with E-state index in [4.69, 9.17) is 4.52 Å². The van der Waals surface area contributed by atoms with Crippen LogP contribution < -0.4 is 0 Å². The standard InChI is InChI=1S/C16H20N4O2/c1-9-14(10(2)22-19-9)13-7-4-8-20(13)16(21)15-11-5-3-6-12(11)17-18-15/h13H,3-8H2,1-2H3,(H,17,18)/t13-/m1/s1. The molecule has 6 nitrogen and oxygen atoms in total. The topological polar surface area (TPSA) is 75.0 Å². The highest BCUT2D eigenvalue weighted by Crippen LogP contribution is 2.37. The molecule has 116 valence electrons. The smallest absolute Gasteiger partial charge is 0.275 e. The predicted molar refractivity (Wildman–Crippen MR) is 79.6 cm³/mol. The predicted octanol–water partition coefficient (Wildman–Crippen LogP) is 2.48. The Morgan fingerprint density at radius 3 is 2.95 bits per heavy atom. The lowest BCUT2D eigenvalue weighted by Crippen LogP contribution is -2.32. The average molecular weight is 300 g/mol. The van der Waals surface area contributed by atoms with Gasteiger partial charge in [-0.1, -0.05) is 5.16 Å². The van der Waals surface area contributed by atoms with E-state index < -0.39 is 0 Å². The number of hydrogen-bond donors (Lipinski definition) is 1. The molecule has 3 heterocycles. The number of rotatable bonds is 2. The van der Waals surface area contributed by atoms with Crippen LogP contribution in [0.3, 0.4) is 0 Å². The van der Waals surface area contributed by atoms with Crippen LogP contribution in [0.5, 0.6) is 0 Å². The lowest BCUT2D eigenvalue weighted by Gasteiger charge is -2.24. The Morgan fingerprint density at radius 2 is 2.18 bits per heavy atom. The zero-order valence-corrected chi connectivity index (χ0v) is 13.0. The van der Waals surface area contributed by atoms with Gasteiger partial charge in [-0.2, -0.15) is 5.10 Å². The molecule has 0 bridgehead atoms. The average Bonchev–Trinajstić information content (AvgIpc) is 3.22. The van der Waals surface area contributed by atoms with Crippen LogP contribution in [-0.2, 0) is 12.8 Å². The number of carbonyl (C=O) groups is 1. The van der Waals surface area contributed by atoms with E-state index in [9.17, 15) is 4.79 Å². The second kappa shape index (κ2) is 4.97. The van der Waals surface area contributed by atoms with Crippen molar-refractivity contribution in [3.05, 3.63) is 34.0 Å². The van der Waals surface area contributed by atoms with Gasteiger partial charge in [0.05, 0.1) is 11.7 Å². The van der Waals surface area contributed by atoms with Gasteiger partial charge in [0, 0.05) is 23.4 Å². The summed E-state index contributed by atoms with van der Waals surface area (Å²) in [6, 6.07) is 0.0625. The maximum Gasteiger partial charge on any atom is 0.275 e. The number of nitrogens with zero attached hydrogens (tertiary/aromatic N) is 3. The minimum Gasteiger partial charge on any atom is -0.361 e. The molecule has 1 aliphatic carbocycles. The summed E-state index contributed by atoms with van der Waals surface area (Å²) in [5, 5.41) is 11.4. The minimum atomic E-state index is 0.0434. The monoisotopic (exact) mass is 300 g/mol. The summed E-state index contributed by atoms with van der Waals surface area (Å²) in [7, 11) is 0. The molecule has 2 aliphatic rings. The summed E-state index contributed by atoms with van der Waals surface area (Å²) in [5.41, 5.74) is 4.82. The second-order valence-corrected chi connectivity index (χ2v) is 6.28. The molecule has 4 rings (SSSR count). The first kappa shape index (κ1) is 13.5. The summed E-state index contributed by atoms with van der Waals surface area (Å²) in [4.78, 5) is 14.9. The Bertz CT molecular complexity index is 711. The van der Waals surface area contributed by atoms with Gasteiger partial charge >= 0.3 is 0 Å². The number of hydrogen-bond acceptors (Lipinski definition) is 4. The molecule has 0 aromatic carbocycles. The number of aromatic nitrogens is 3. The van der Waals surface area contributed by atoms with Crippen molar-refractivity contribution < 1.29 is 9.32 Å². The normalized spacial score (nSPS) is 20.6. The molecule has 22 heavy (non-hydrogen) atoms. The Kier molecular flexibility index (Phi) is 3.06. The van der Waals surface area contributed by atoms with Crippen LogP contribution in [0.4, 0.5) is 0 Å². The van der Waals surface area contributed by atoms with Crippen LogP contribution in [0.15, 0.2) is 4.52 Å². The maximum absolute atomic E-state index is 13.0. The molecule has 1 atom stereocenters. The second-order valence-electron chi connectivity index (χ2n) is 6.28. The highest BCUT2D eigenvalue weighted by molar-refractivity contribution is 5.94. The molecule has 1 N–H and O–H groups in total. The van der Waals surface area contributed by atoms with E-state index in [1.165, 1.54) is 0 Å². The molecule has 0 saturated carbocycles. The third kappa shape index (κ3) is 1.90. The fourth-order valence-corrected chi connectivity index (χ4v) is 3.91. The van der Waals surface area contributed by atoms with Gasteiger partial charge in [0.25, 0.3) is 5.91 Å². The Balaban J connectivity index is 1.68. The lowest BCUT2D eigenvalue weighted by molar-refractivity contribution is 0.0727. The van der Waals surface area contributed by atoms with Crippen LogP contribution in [0.2, 0.25) is 0 Å². The van der Waals surface area contributed by atoms with Gasteiger partial charge in [-0.05, 0) is 46.0 Å². The molecule has 2 aromatic heterocycles. The van der Waals surface area contributed by atoms with Crippen molar-refractivity contribution in [1.29, 1.82) is 0 Å². The number of carbonyl (C=O) groups excluding carboxylic acids is 1. The van der Waals surface area contributed by atoms with Crippen molar-refractivity contribution in [1.82, 2.24) is 20.3 Å². The first-order chi connectivity index (χ1) is 10.7. The van der Waals surface area contributed by atoms with Gasteiger partial charge < -0.3 is 9.42 Å². The third-order valence-electron chi connectivity index (χ3n) is 4.94. The summed E-state index contributed by atoms with van der Waals surface area (Å²) in [5.74, 6) is 0.858. The SMILES string of the molecule is Cc1noc(C)c1[C@H]1CCCN1C(=O)c1n[nH]c2c1CCC2. The van der Waals surface area contributed by atoms with Gasteiger partial charge in [0.1, 0.15) is 5.76 Å². The number of aromatic amines is 1. The third-order valence-corrected chi connectivity index (χ3v) is 4.94. The number of likely N-dealkylation sites (tertiary alicyclic amines) is 1. The number of aryl methyl sites for hydroxylation is 3. The van der Waals surface area contributed by atoms with Crippen LogP contribution in [0, 0.1) is 13.8 Å². The van der Waals surface area contributed by atoms with Gasteiger partial charge in [-0.15, -0.1) is 0 Å². The minimum absolute atomic E-state index is 0.0434.